The van der Waals surface area contributed by atoms with E-state index in [4.69, 9.17) is 0 Å². The molecule has 1 aromatic carbocycles. The summed E-state index contributed by atoms with van der Waals surface area (Å²) in [7, 11) is 0. The lowest BCUT2D eigenvalue weighted by Gasteiger charge is -2.29. The van der Waals surface area contributed by atoms with Crippen molar-refractivity contribution >= 4 is 16.8 Å². The standard InChI is InChI=1S/C20H26N4O/c1-14-2-3-17-16(10-14)20-15-4-7-22(11-15)12-18(20)24(17)13-19(25)23-8-5-21-6-9-23/h2-3,10,15,21H,4-9,11-13H2,1H3. The Bertz CT molecular complexity index is 834. The van der Waals surface area contributed by atoms with Gasteiger partial charge < -0.3 is 14.8 Å². The quantitative estimate of drug-likeness (QED) is 0.906. The molecule has 4 heterocycles. The zero-order valence-electron chi connectivity index (χ0n) is 14.9. The minimum Gasteiger partial charge on any atom is -0.339 e. The Morgan fingerprint density at radius 1 is 1.24 bits per heavy atom. The minimum atomic E-state index is 0.259. The predicted molar refractivity (Wildman–Crippen MR) is 98.8 cm³/mol. The second kappa shape index (κ2) is 5.85. The number of nitrogens with zero attached hydrogens (tertiary/aromatic N) is 3. The first-order valence-electron chi connectivity index (χ1n) is 9.53. The Morgan fingerprint density at radius 3 is 2.92 bits per heavy atom. The number of nitrogens with one attached hydrogen (secondary N) is 1. The average molecular weight is 338 g/mol. The van der Waals surface area contributed by atoms with Crippen molar-refractivity contribution in [2.75, 3.05) is 39.3 Å². The van der Waals surface area contributed by atoms with Gasteiger partial charge in [0.1, 0.15) is 6.54 Å². The van der Waals surface area contributed by atoms with E-state index in [0.29, 0.717) is 12.5 Å². The molecule has 2 fully saturated rings. The van der Waals surface area contributed by atoms with Crippen LogP contribution in [-0.2, 0) is 17.9 Å². The Balaban J connectivity index is 1.58. The number of amides is 1. The Kier molecular flexibility index (Phi) is 3.61. The second-order valence-corrected chi connectivity index (χ2v) is 7.82. The van der Waals surface area contributed by atoms with Gasteiger partial charge in [0, 0.05) is 61.8 Å². The third-order valence-corrected chi connectivity index (χ3v) is 6.19. The van der Waals surface area contributed by atoms with Crippen LogP contribution in [0.4, 0.5) is 0 Å². The summed E-state index contributed by atoms with van der Waals surface area (Å²) < 4.78 is 2.32. The van der Waals surface area contributed by atoms with Crippen LogP contribution < -0.4 is 5.32 Å². The fourth-order valence-electron chi connectivity index (χ4n) is 4.93. The van der Waals surface area contributed by atoms with Gasteiger partial charge in [-0.15, -0.1) is 0 Å². The fraction of sp³-hybridized carbons (Fsp3) is 0.550. The predicted octanol–water partition coefficient (Wildman–Crippen LogP) is 1.68. The van der Waals surface area contributed by atoms with E-state index < -0.39 is 0 Å². The zero-order chi connectivity index (χ0) is 17.0. The molecule has 1 aromatic heterocycles. The summed E-state index contributed by atoms with van der Waals surface area (Å²) in [5, 5.41) is 4.71. The molecular weight excluding hydrogens is 312 g/mol. The molecule has 5 rings (SSSR count). The van der Waals surface area contributed by atoms with Crippen LogP contribution in [0.1, 0.15) is 29.2 Å². The van der Waals surface area contributed by atoms with Crippen LogP contribution in [-0.4, -0.2) is 59.5 Å². The van der Waals surface area contributed by atoms with Gasteiger partial charge in [0.25, 0.3) is 0 Å². The average Bonchev–Trinajstić information content (AvgIpc) is 3.15. The van der Waals surface area contributed by atoms with Gasteiger partial charge in [-0.25, -0.2) is 0 Å². The van der Waals surface area contributed by atoms with Gasteiger partial charge in [-0.2, -0.15) is 0 Å². The molecule has 0 radical (unpaired) electrons. The molecule has 3 aliphatic rings. The Morgan fingerprint density at radius 2 is 2.08 bits per heavy atom. The first-order valence-corrected chi connectivity index (χ1v) is 9.53. The number of carbonyl (C=O) groups is 1. The number of hydrogen-bond donors (Lipinski definition) is 1. The third kappa shape index (κ3) is 2.49. The largest absolute Gasteiger partial charge is 0.339 e. The van der Waals surface area contributed by atoms with Crippen LogP contribution in [0.2, 0.25) is 0 Å². The van der Waals surface area contributed by atoms with Crippen molar-refractivity contribution in [3.05, 3.63) is 35.0 Å². The van der Waals surface area contributed by atoms with Gasteiger partial charge >= 0.3 is 0 Å². The summed E-state index contributed by atoms with van der Waals surface area (Å²) in [4.78, 5) is 17.5. The molecule has 2 unspecified atom stereocenters. The second-order valence-electron chi connectivity index (χ2n) is 7.82. The van der Waals surface area contributed by atoms with Crippen LogP contribution in [0.3, 0.4) is 0 Å². The van der Waals surface area contributed by atoms with E-state index >= 15 is 0 Å². The summed E-state index contributed by atoms with van der Waals surface area (Å²) in [6.45, 7) is 9.49. The van der Waals surface area contributed by atoms with Crippen LogP contribution in [0.15, 0.2) is 18.2 Å². The van der Waals surface area contributed by atoms with Gasteiger partial charge in [0.05, 0.1) is 0 Å². The lowest BCUT2D eigenvalue weighted by molar-refractivity contribution is -0.132. The minimum absolute atomic E-state index is 0.259. The topological polar surface area (TPSA) is 40.5 Å². The smallest absolute Gasteiger partial charge is 0.242 e. The molecule has 2 bridgehead atoms. The van der Waals surface area contributed by atoms with E-state index in [1.54, 1.807) is 0 Å². The number of carbonyl (C=O) groups excluding carboxylic acids is 1. The lowest BCUT2D eigenvalue weighted by Crippen LogP contribution is -2.47. The van der Waals surface area contributed by atoms with Crippen LogP contribution in [0.5, 0.6) is 0 Å². The van der Waals surface area contributed by atoms with Crippen molar-refractivity contribution in [2.24, 2.45) is 0 Å². The molecule has 2 saturated heterocycles. The number of aromatic nitrogens is 1. The van der Waals surface area contributed by atoms with Crippen molar-refractivity contribution in [1.82, 2.24) is 19.7 Å². The summed E-state index contributed by atoms with van der Waals surface area (Å²) in [5.74, 6) is 0.901. The first kappa shape index (κ1) is 15.4. The van der Waals surface area contributed by atoms with E-state index in [2.05, 4.69) is 39.9 Å². The van der Waals surface area contributed by atoms with Gasteiger partial charge in [0.2, 0.25) is 5.91 Å². The highest BCUT2D eigenvalue weighted by Crippen LogP contribution is 2.42. The SMILES string of the molecule is Cc1ccc2c(c1)c1c(n2CC(=O)N2CCNCC2)CN2CCC1C2. The highest BCUT2D eigenvalue weighted by molar-refractivity contribution is 5.89. The molecule has 1 amide bonds. The molecule has 2 atom stereocenters. The Hall–Kier alpha value is -1.85. The van der Waals surface area contributed by atoms with E-state index in [-0.39, 0.29) is 5.91 Å². The highest BCUT2D eigenvalue weighted by Gasteiger charge is 2.36. The molecular formula is C20H26N4O. The van der Waals surface area contributed by atoms with Crippen LogP contribution in [0.25, 0.3) is 10.9 Å². The van der Waals surface area contributed by atoms with Crippen molar-refractivity contribution in [2.45, 2.75) is 32.4 Å². The molecule has 5 nitrogen and oxygen atoms in total. The van der Waals surface area contributed by atoms with E-state index in [9.17, 15) is 4.79 Å². The van der Waals surface area contributed by atoms with Gasteiger partial charge in [0.15, 0.2) is 0 Å². The summed E-state index contributed by atoms with van der Waals surface area (Å²) >= 11 is 0. The monoisotopic (exact) mass is 338 g/mol. The maximum atomic E-state index is 12.9. The molecule has 132 valence electrons. The molecule has 25 heavy (non-hydrogen) atoms. The zero-order valence-corrected chi connectivity index (χ0v) is 14.9. The fourth-order valence-corrected chi connectivity index (χ4v) is 4.93. The molecule has 1 N–H and O–H groups in total. The lowest BCUT2D eigenvalue weighted by atomic mass is 9.93. The summed E-state index contributed by atoms with van der Waals surface area (Å²) in [5.41, 5.74) is 5.47. The Labute approximate surface area is 148 Å². The van der Waals surface area contributed by atoms with E-state index in [1.807, 2.05) is 4.90 Å². The highest BCUT2D eigenvalue weighted by atomic mass is 16.2. The maximum absolute atomic E-state index is 12.9. The number of hydrogen-bond acceptors (Lipinski definition) is 3. The molecule has 3 aliphatic heterocycles. The van der Waals surface area contributed by atoms with Gasteiger partial charge in [-0.3, -0.25) is 9.69 Å². The first-order chi connectivity index (χ1) is 12.2. The molecule has 2 aromatic rings. The van der Waals surface area contributed by atoms with Crippen molar-refractivity contribution < 1.29 is 4.79 Å². The molecule has 0 aliphatic carbocycles. The summed E-state index contributed by atoms with van der Waals surface area (Å²) in [6.07, 6.45) is 1.26. The number of aryl methyl sites for hydroxylation is 1. The molecule has 0 saturated carbocycles. The summed E-state index contributed by atoms with van der Waals surface area (Å²) in [6, 6.07) is 6.73. The normalized spacial score (nSPS) is 25.4. The van der Waals surface area contributed by atoms with Crippen LogP contribution in [0, 0.1) is 6.92 Å². The van der Waals surface area contributed by atoms with Gasteiger partial charge in [-0.05, 0) is 37.6 Å². The van der Waals surface area contributed by atoms with Crippen molar-refractivity contribution in [3.8, 4) is 0 Å². The number of piperazine rings is 1. The van der Waals surface area contributed by atoms with E-state index in [0.717, 1.165) is 32.7 Å². The number of rotatable bonds is 2. The van der Waals surface area contributed by atoms with E-state index in [1.165, 1.54) is 47.2 Å². The van der Waals surface area contributed by atoms with Gasteiger partial charge in [-0.1, -0.05) is 11.6 Å². The maximum Gasteiger partial charge on any atom is 0.242 e. The van der Waals surface area contributed by atoms with Crippen molar-refractivity contribution in [3.63, 3.8) is 0 Å². The molecule has 0 spiro atoms. The van der Waals surface area contributed by atoms with Crippen molar-refractivity contribution in [1.29, 1.82) is 0 Å². The number of benzene rings is 1. The number of fused-ring (bicyclic) bond motifs is 6. The molecule has 5 heteroatoms. The third-order valence-electron chi connectivity index (χ3n) is 6.19. The van der Waals surface area contributed by atoms with Crippen LogP contribution >= 0.6 is 0 Å².